The highest BCUT2D eigenvalue weighted by Crippen LogP contribution is 2.08. The average Bonchev–Trinajstić information content (AvgIpc) is 2.50. The van der Waals surface area contributed by atoms with Crippen LogP contribution < -0.4 is 0 Å². The topological polar surface area (TPSA) is 35.5 Å². The summed E-state index contributed by atoms with van der Waals surface area (Å²) in [6, 6.07) is 7.39. The fourth-order valence-electron chi connectivity index (χ4n) is 1.89. The molecule has 111 valence electrons. The predicted molar refractivity (Wildman–Crippen MR) is 80.2 cm³/mol. The zero-order valence-electron chi connectivity index (χ0n) is 12.4. The van der Waals surface area contributed by atoms with Gasteiger partial charge in [-0.25, -0.2) is 4.79 Å². The van der Waals surface area contributed by atoms with Gasteiger partial charge >= 0.3 is 5.97 Å². The van der Waals surface area contributed by atoms with Crippen molar-refractivity contribution < 1.29 is 14.6 Å². The van der Waals surface area contributed by atoms with Gasteiger partial charge in [-0.2, -0.15) is 4.89 Å². The van der Waals surface area contributed by atoms with Gasteiger partial charge in [-0.15, -0.1) is 0 Å². The molecule has 0 spiro atoms. The van der Waals surface area contributed by atoms with E-state index in [1.807, 2.05) is 12.1 Å². The van der Waals surface area contributed by atoms with Gasteiger partial charge in [-0.1, -0.05) is 58.1 Å². The van der Waals surface area contributed by atoms with E-state index in [0.717, 1.165) is 25.7 Å². The average molecular weight is 277 g/mol. The number of benzene rings is 1. The molecule has 20 heavy (non-hydrogen) atoms. The Morgan fingerprint density at radius 2 is 1.70 bits per heavy atom. The summed E-state index contributed by atoms with van der Waals surface area (Å²) in [5.74, 6) is -0.426. The van der Waals surface area contributed by atoms with E-state index in [2.05, 4.69) is 13.8 Å². The molecule has 0 atom stereocenters. The first kappa shape index (κ1) is 16.7. The zero-order valence-corrected chi connectivity index (χ0v) is 12.4. The second-order valence-corrected chi connectivity index (χ2v) is 4.86. The lowest BCUT2D eigenvalue weighted by Crippen LogP contribution is -2.07. The van der Waals surface area contributed by atoms with Crippen molar-refractivity contribution in [2.45, 2.75) is 51.9 Å². The fraction of sp³-hybridized carbons (Fsp3) is 0.529. The van der Waals surface area contributed by atoms with E-state index in [1.165, 1.54) is 24.8 Å². The Bertz CT molecular complexity index is 370. The third-order valence-electron chi connectivity index (χ3n) is 3.21. The van der Waals surface area contributed by atoms with Gasteiger partial charge in [-0.3, -0.25) is 4.89 Å². The smallest absolute Gasteiger partial charge is 0.293 e. The van der Waals surface area contributed by atoms with E-state index in [1.54, 1.807) is 12.1 Å². The quantitative estimate of drug-likeness (QED) is 0.358. The van der Waals surface area contributed by atoms with E-state index in [4.69, 9.17) is 9.78 Å². The lowest BCUT2D eigenvalue weighted by Gasteiger charge is -2.04. The molecule has 0 aliphatic rings. The number of hydrogen-bond donors (Lipinski definition) is 0. The van der Waals surface area contributed by atoms with Gasteiger partial charge in [0.25, 0.3) is 0 Å². The third-order valence-corrected chi connectivity index (χ3v) is 3.21. The van der Waals surface area contributed by atoms with Crippen LogP contribution >= 0.6 is 0 Å². The minimum atomic E-state index is -0.426. The monoisotopic (exact) mass is 277 g/mol. The van der Waals surface area contributed by atoms with Gasteiger partial charge in [0, 0.05) is 0 Å². The maximum absolute atomic E-state index is 11.7. The van der Waals surface area contributed by atoms with Gasteiger partial charge in [0.2, 0.25) is 0 Å². The van der Waals surface area contributed by atoms with E-state index in [0.29, 0.717) is 12.2 Å². The van der Waals surface area contributed by atoms with Crippen LogP contribution in [0, 0.1) is 6.92 Å². The van der Waals surface area contributed by atoms with Crippen LogP contribution in [0.4, 0.5) is 0 Å². The Kier molecular flexibility index (Phi) is 8.72. The van der Waals surface area contributed by atoms with Gasteiger partial charge in [-0.05, 0) is 30.5 Å². The van der Waals surface area contributed by atoms with Crippen LogP contribution in [0.1, 0.15) is 61.4 Å². The van der Waals surface area contributed by atoms with Gasteiger partial charge in [0.15, 0.2) is 0 Å². The molecule has 0 aliphatic heterocycles. The lowest BCUT2D eigenvalue weighted by atomic mass is 10.1. The number of hydrogen-bond acceptors (Lipinski definition) is 3. The first-order valence-corrected chi connectivity index (χ1v) is 7.50. The first-order chi connectivity index (χ1) is 9.77. The van der Waals surface area contributed by atoms with Crippen LogP contribution in [-0.2, 0) is 16.2 Å². The number of carbonyl (C=O) groups is 1. The van der Waals surface area contributed by atoms with Crippen molar-refractivity contribution in [1.82, 2.24) is 0 Å². The van der Waals surface area contributed by atoms with Crippen molar-refractivity contribution in [3.63, 3.8) is 0 Å². The number of aryl methyl sites for hydroxylation is 1. The van der Waals surface area contributed by atoms with Gasteiger partial charge in [0.1, 0.15) is 0 Å². The first-order valence-electron chi connectivity index (χ1n) is 7.50. The molecule has 0 aromatic heterocycles. The Morgan fingerprint density at radius 1 is 1.05 bits per heavy atom. The number of carbonyl (C=O) groups excluding carboxylic acids is 1. The standard InChI is InChI=1S/C17H25O3/c1-3-5-6-7-8-9-14-19-20-17(18)16-12-10-15(4-2)11-13-16/h10-13H,1,3-9,14H2,2H3. The minimum absolute atomic E-state index is 0.426. The normalized spacial score (nSPS) is 10.5. The largest absolute Gasteiger partial charge is 0.373 e. The summed E-state index contributed by atoms with van der Waals surface area (Å²) in [5.41, 5.74) is 1.72. The van der Waals surface area contributed by atoms with Crippen molar-refractivity contribution >= 4 is 5.97 Å². The molecule has 1 aromatic carbocycles. The molecule has 3 nitrogen and oxygen atoms in total. The molecule has 0 fully saturated rings. The summed E-state index contributed by atoms with van der Waals surface area (Å²) in [6.45, 7) is 6.35. The summed E-state index contributed by atoms with van der Waals surface area (Å²) in [7, 11) is 0. The SMILES string of the molecule is [CH2]CCCCCCCOOC(=O)c1ccc(CC)cc1. The van der Waals surface area contributed by atoms with E-state index in [9.17, 15) is 4.79 Å². The molecule has 0 aliphatic carbocycles. The Labute approximate surface area is 122 Å². The molecule has 1 aromatic rings. The number of rotatable bonds is 10. The Morgan fingerprint density at radius 3 is 2.35 bits per heavy atom. The molecule has 0 N–H and O–H groups in total. The second kappa shape index (κ2) is 10.4. The van der Waals surface area contributed by atoms with Crippen LogP contribution in [0.25, 0.3) is 0 Å². The van der Waals surface area contributed by atoms with Crippen LogP contribution in [0.3, 0.4) is 0 Å². The molecular formula is C17H25O3. The van der Waals surface area contributed by atoms with E-state index in [-0.39, 0.29) is 0 Å². The van der Waals surface area contributed by atoms with Crippen LogP contribution in [0.15, 0.2) is 24.3 Å². The van der Waals surface area contributed by atoms with E-state index >= 15 is 0 Å². The lowest BCUT2D eigenvalue weighted by molar-refractivity contribution is -0.241. The fourth-order valence-corrected chi connectivity index (χ4v) is 1.89. The van der Waals surface area contributed by atoms with Crippen molar-refractivity contribution in [3.8, 4) is 0 Å². The molecule has 0 saturated carbocycles. The highest BCUT2D eigenvalue weighted by molar-refractivity contribution is 5.88. The van der Waals surface area contributed by atoms with Crippen LogP contribution in [-0.4, -0.2) is 12.6 Å². The summed E-state index contributed by atoms with van der Waals surface area (Å²) in [5, 5.41) is 0. The van der Waals surface area contributed by atoms with Crippen molar-refractivity contribution in [1.29, 1.82) is 0 Å². The zero-order chi connectivity index (χ0) is 14.6. The molecule has 0 amide bonds. The highest BCUT2D eigenvalue weighted by atomic mass is 17.2. The summed E-state index contributed by atoms with van der Waals surface area (Å²) >= 11 is 0. The maximum atomic E-state index is 11.7. The molecule has 1 rings (SSSR count). The van der Waals surface area contributed by atoms with Crippen molar-refractivity contribution in [2.24, 2.45) is 0 Å². The molecule has 0 heterocycles. The highest BCUT2D eigenvalue weighted by Gasteiger charge is 2.07. The Hall–Kier alpha value is -1.35. The second-order valence-electron chi connectivity index (χ2n) is 4.86. The third kappa shape index (κ3) is 6.71. The summed E-state index contributed by atoms with van der Waals surface area (Å²) in [6.07, 6.45) is 7.56. The number of unbranched alkanes of at least 4 members (excludes halogenated alkanes) is 5. The van der Waals surface area contributed by atoms with Gasteiger partial charge < -0.3 is 0 Å². The minimum Gasteiger partial charge on any atom is -0.293 e. The van der Waals surface area contributed by atoms with Crippen molar-refractivity contribution in [2.75, 3.05) is 6.61 Å². The molecule has 0 unspecified atom stereocenters. The molecule has 0 saturated heterocycles. The van der Waals surface area contributed by atoms with E-state index < -0.39 is 5.97 Å². The predicted octanol–water partition coefficient (Wildman–Crippen LogP) is 4.51. The Balaban J connectivity index is 2.10. The van der Waals surface area contributed by atoms with Crippen LogP contribution in [0.5, 0.6) is 0 Å². The van der Waals surface area contributed by atoms with Gasteiger partial charge in [0.05, 0.1) is 12.2 Å². The van der Waals surface area contributed by atoms with Crippen LogP contribution in [0.2, 0.25) is 0 Å². The maximum Gasteiger partial charge on any atom is 0.373 e. The summed E-state index contributed by atoms with van der Waals surface area (Å²) in [4.78, 5) is 21.4. The van der Waals surface area contributed by atoms with Crippen molar-refractivity contribution in [3.05, 3.63) is 42.3 Å². The molecule has 1 radical (unpaired) electrons. The molecule has 3 heteroatoms. The molecule has 0 bridgehead atoms. The summed E-state index contributed by atoms with van der Waals surface area (Å²) < 4.78 is 0. The molecular weight excluding hydrogens is 252 g/mol.